The van der Waals surface area contributed by atoms with Crippen molar-refractivity contribution < 1.29 is 28.5 Å². The number of fused-ring (bicyclic) bond motifs is 3. The molecule has 216 valence electrons. The average Bonchev–Trinajstić information content (AvgIpc) is 3.62. The number of H-pyrrole nitrogens is 2. The zero-order valence-electron chi connectivity index (χ0n) is 23.0. The second-order valence-corrected chi connectivity index (χ2v) is 14.0. The number of aromatic amines is 2. The number of ether oxygens (including phenoxy) is 4. The lowest BCUT2D eigenvalue weighted by Crippen LogP contribution is -2.32. The molecule has 0 fully saturated rings. The predicted molar refractivity (Wildman–Crippen MR) is 157 cm³/mol. The zero-order valence-corrected chi connectivity index (χ0v) is 25.4. The Bertz CT molecular complexity index is 1830. The molecule has 12 nitrogen and oxygen atoms in total. The highest BCUT2D eigenvalue weighted by Gasteiger charge is 2.32. The summed E-state index contributed by atoms with van der Waals surface area (Å²) in [5.74, 6) is 1.00. The summed E-state index contributed by atoms with van der Waals surface area (Å²) in [6.45, 7) is 11.0. The molecule has 1 aliphatic rings. The van der Waals surface area contributed by atoms with Gasteiger partial charge in [0.1, 0.15) is 24.4 Å². The van der Waals surface area contributed by atoms with Crippen molar-refractivity contribution in [3.8, 4) is 31.0 Å². The van der Waals surface area contributed by atoms with E-state index in [4.69, 9.17) is 18.9 Å². The van der Waals surface area contributed by atoms with Crippen LogP contribution in [0.1, 0.15) is 41.5 Å². The summed E-state index contributed by atoms with van der Waals surface area (Å²) >= 11 is 4.04. The van der Waals surface area contributed by atoms with Gasteiger partial charge in [-0.2, -0.15) is 9.13 Å². The highest BCUT2D eigenvalue weighted by atomic mass is 32.1. The second-order valence-electron chi connectivity index (χ2n) is 11.3. The maximum absolute atomic E-state index is 12.8. The number of rotatable bonds is 2. The van der Waals surface area contributed by atoms with Crippen molar-refractivity contribution in [3.05, 3.63) is 31.7 Å². The first-order chi connectivity index (χ1) is 19.2. The first-order valence-corrected chi connectivity index (χ1v) is 15.2. The Hall–Kier alpha value is -3.82. The number of carbonyl (C=O) groups is 2. The summed E-state index contributed by atoms with van der Waals surface area (Å²) < 4.78 is 24.9. The Morgan fingerprint density at radius 3 is 1.49 bits per heavy atom. The Kier molecular flexibility index (Phi) is 6.24. The van der Waals surface area contributed by atoms with Gasteiger partial charge in [0.2, 0.25) is 0 Å². The molecule has 0 saturated heterocycles. The number of carbonyl (C=O) groups excluding carboxylic acids is 2. The van der Waals surface area contributed by atoms with E-state index in [-0.39, 0.29) is 0 Å². The fourth-order valence-corrected chi connectivity index (χ4v) is 7.85. The molecule has 0 unspecified atom stereocenters. The Balaban J connectivity index is 1.48. The van der Waals surface area contributed by atoms with Crippen LogP contribution in [0.5, 0.6) is 11.5 Å². The van der Waals surface area contributed by atoms with Crippen LogP contribution >= 0.6 is 34.0 Å². The van der Waals surface area contributed by atoms with Gasteiger partial charge in [-0.1, -0.05) is 0 Å². The lowest BCUT2D eigenvalue weighted by Gasteiger charge is -2.19. The fraction of sp³-hybridized carbons (Fsp3) is 0.385. The number of nitrogens with zero attached hydrogens (tertiary/aromatic N) is 2. The van der Waals surface area contributed by atoms with Crippen LogP contribution in [0.3, 0.4) is 0 Å². The van der Waals surface area contributed by atoms with Crippen molar-refractivity contribution in [2.24, 2.45) is 0 Å². The van der Waals surface area contributed by atoms with Crippen molar-refractivity contribution in [2.75, 3.05) is 13.2 Å². The van der Waals surface area contributed by atoms with Gasteiger partial charge in [0, 0.05) is 10.8 Å². The van der Waals surface area contributed by atoms with Crippen molar-refractivity contribution in [1.82, 2.24) is 19.1 Å². The number of aromatic nitrogens is 4. The summed E-state index contributed by atoms with van der Waals surface area (Å²) in [7, 11) is 0. The zero-order chi connectivity index (χ0) is 29.4. The van der Waals surface area contributed by atoms with E-state index in [2.05, 4.69) is 9.97 Å². The quantitative estimate of drug-likeness (QED) is 0.251. The maximum Gasteiger partial charge on any atom is 0.423 e. The molecule has 0 spiro atoms. The van der Waals surface area contributed by atoms with Crippen LogP contribution in [0.4, 0.5) is 9.59 Å². The summed E-state index contributed by atoms with van der Waals surface area (Å²) in [5, 5.41) is 3.42. The molecule has 0 aromatic carbocycles. The number of hydrogen-bond donors (Lipinski definition) is 2. The van der Waals surface area contributed by atoms with Crippen LogP contribution in [0.15, 0.2) is 20.3 Å². The molecular weight excluding hydrogens is 593 g/mol. The number of thiophene rings is 3. The van der Waals surface area contributed by atoms with Gasteiger partial charge in [-0.15, -0.1) is 34.0 Å². The van der Waals surface area contributed by atoms with Crippen LogP contribution in [0.25, 0.3) is 41.6 Å². The number of hydrogen-bond acceptors (Lipinski definition) is 11. The topological polar surface area (TPSA) is 147 Å². The largest absolute Gasteiger partial charge is 0.485 e. The van der Waals surface area contributed by atoms with Crippen molar-refractivity contribution >= 4 is 68.3 Å². The molecule has 41 heavy (non-hydrogen) atoms. The van der Waals surface area contributed by atoms with Crippen molar-refractivity contribution in [1.29, 1.82) is 0 Å². The highest BCUT2D eigenvalue weighted by Crippen LogP contribution is 2.57. The van der Waals surface area contributed by atoms with Gasteiger partial charge >= 0.3 is 23.6 Å². The van der Waals surface area contributed by atoms with Crippen molar-refractivity contribution in [2.45, 2.75) is 52.7 Å². The standard InChI is InChI=1S/C26H26N4O8S3/c1-25(2,3)37-23(33)29-11-9-39-17(13(11)27-21(29)31)19-15-16(36-8-7-35-15)20(41-19)18-14-12(10-40-18)30(22(32)28-14)24(34)38-26(4,5)6/h9-10H,7-8H2,1-6H3,(H,27,31)(H,28,32). The Morgan fingerprint density at radius 1 is 0.732 bits per heavy atom. The van der Waals surface area contributed by atoms with Gasteiger partial charge in [-0.3, -0.25) is 0 Å². The number of imidazole rings is 2. The van der Waals surface area contributed by atoms with Crippen LogP contribution in [-0.4, -0.2) is 55.7 Å². The minimum atomic E-state index is -0.776. The summed E-state index contributed by atoms with van der Waals surface area (Å²) in [6.07, 6.45) is -1.54. The molecule has 0 amide bonds. The molecule has 0 bridgehead atoms. The molecule has 0 aliphatic carbocycles. The Morgan fingerprint density at radius 2 is 1.12 bits per heavy atom. The summed E-state index contributed by atoms with van der Waals surface area (Å²) in [6, 6.07) is 0. The van der Waals surface area contributed by atoms with Crippen LogP contribution in [0.2, 0.25) is 0 Å². The molecule has 5 aromatic rings. The maximum atomic E-state index is 12.8. The summed E-state index contributed by atoms with van der Waals surface area (Å²) in [5.41, 5.74) is -1.05. The minimum Gasteiger partial charge on any atom is -0.485 e. The predicted octanol–water partition coefficient (Wildman–Crippen LogP) is 5.83. The molecule has 1 aliphatic heterocycles. The lowest BCUT2D eigenvalue weighted by molar-refractivity contribution is 0.0527. The molecule has 6 heterocycles. The SMILES string of the molecule is CC(C)(C)OC(=O)n1c(=O)[nH]c2c(-c3sc(-c4scc5c4[nH]c(=O)n5C(=O)OC(C)(C)C)c4c3OCCO4)scc21. The van der Waals surface area contributed by atoms with Gasteiger partial charge in [0.25, 0.3) is 0 Å². The average molecular weight is 619 g/mol. The van der Waals surface area contributed by atoms with E-state index in [9.17, 15) is 19.2 Å². The highest BCUT2D eigenvalue weighted by molar-refractivity contribution is 7.27. The third-order valence-electron chi connectivity index (χ3n) is 5.86. The van der Waals surface area contributed by atoms with E-state index < -0.39 is 34.8 Å². The van der Waals surface area contributed by atoms with Gasteiger partial charge in [0.05, 0.1) is 41.6 Å². The molecule has 2 N–H and O–H groups in total. The van der Waals surface area contributed by atoms with E-state index in [1.165, 1.54) is 34.0 Å². The monoisotopic (exact) mass is 618 g/mol. The molecule has 0 atom stereocenters. The number of nitrogens with one attached hydrogen (secondary N) is 2. The molecule has 5 aromatic heterocycles. The summed E-state index contributed by atoms with van der Waals surface area (Å²) in [4.78, 5) is 59.5. The smallest absolute Gasteiger partial charge is 0.423 e. The molecule has 0 radical (unpaired) electrons. The minimum absolute atomic E-state index is 0.325. The van der Waals surface area contributed by atoms with E-state index in [1.807, 2.05) is 0 Å². The molecule has 15 heteroatoms. The third-order valence-corrected chi connectivity index (χ3v) is 9.27. The molecule has 6 rings (SSSR count). The third kappa shape index (κ3) is 4.67. The van der Waals surface area contributed by atoms with Crippen LogP contribution < -0.4 is 20.9 Å². The van der Waals surface area contributed by atoms with E-state index in [0.29, 0.717) is 66.3 Å². The Labute approximate surface area is 244 Å². The van der Waals surface area contributed by atoms with Crippen molar-refractivity contribution in [3.63, 3.8) is 0 Å². The molecule has 0 saturated carbocycles. The first kappa shape index (κ1) is 27.4. The van der Waals surface area contributed by atoms with Gasteiger partial charge in [-0.25, -0.2) is 19.2 Å². The molecular formula is C26H26N4O8S3. The second kappa shape index (κ2) is 9.36. The first-order valence-electron chi connectivity index (χ1n) is 12.6. The van der Waals surface area contributed by atoms with Gasteiger partial charge in [-0.05, 0) is 41.5 Å². The van der Waals surface area contributed by atoms with E-state index >= 15 is 0 Å². The van der Waals surface area contributed by atoms with Gasteiger partial charge < -0.3 is 28.9 Å². The van der Waals surface area contributed by atoms with Crippen LogP contribution in [0, 0.1) is 0 Å². The van der Waals surface area contributed by atoms with E-state index in [1.54, 1.807) is 52.3 Å². The van der Waals surface area contributed by atoms with Crippen LogP contribution in [-0.2, 0) is 9.47 Å². The lowest BCUT2D eigenvalue weighted by atomic mass is 10.2. The normalized spacial score (nSPS) is 13.7. The fourth-order valence-electron chi connectivity index (χ4n) is 4.37. The van der Waals surface area contributed by atoms with Gasteiger partial charge in [0.15, 0.2) is 11.5 Å². The van der Waals surface area contributed by atoms with E-state index in [0.717, 1.165) is 9.13 Å².